The Morgan fingerprint density at radius 3 is 2.40 bits per heavy atom. The number of hydrogen-bond acceptors (Lipinski definition) is 2. The van der Waals surface area contributed by atoms with Gasteiger partial charge in [0.25, 0.3) is 0 Å². The number of nitrogens with zero attached hydrogens (tertiary/aromatic N) is 1. The van der Waals surface area contributed by atoms with Crippen LogP contribution >= 0.6 is 11.6 Å². The highest BCUT2D eigenvalue weighted by atomic mass is 35.5. The number of anilines is 1. The van der Waals surface area contributed by atoms with Crippen LogP contribution in [0.5, 0.6) is 0 Å². The Hall–Kier alpha value is -1.75. The van der Waals surface area contributed by atoms with Crippen molar-refractivity contribution in [2.24, 2.45) is 0 Å². The Kier molecular flexibility index (Phi) is 4.18. The molecule has 1 aromatic rings. The molecule has 1 saturated carbocycles. The minimum Gasteiger partial charge on any atom is -0.480 e. The summed E-state index contributed by atoms with van der Waals surface area (Å²) in [6, 6.07) is 6.13. The fraction of sp³-hybridized carbons (Fsp3) is 0.429. The lowest BCUT2D eigenvalue weighted by atomic mass is 9.79. The summed E-state index contributed by atoms with van der Waals surface area (Å²) in [6.07, 6.45) is 2.91. The molecule has 0 bridgehead atoms. The largest absolute Gasteiger partial charge is 0.480 e. The van der Waals surface area contributed by atoms with Crippen LogP contribution in [0.15, 0.2) is 24.3 Å². The first-order valence-electron chi connectivity index (χ1n) is 6.47. The number of carboxylic acids is 1. The summed E-state index contributed by atoms with van der Waals surface area (Å²) in [5.41, 5.74) is 0.289. The molecule has 20 heavy (non-hydrogen) atoms. The van der Waals surface area contributed by atoms with Crippen LogP contribution in [0.4, 0.5) is 10.5 Å². The average Bonchev–Trinajstić information content (AvgIpc) is 2.35. The summed E-state index contributed by atoms with van der Waals surface area (Å²) in [6.45, 7) is 1.58. The van der Waals surface area contributed by atoms with E-state index in [1.54, 1.807) is 24.3 Å². The number of nitrogens with one attached hydrogen (secondary N) is 1. The third-order valence-corrected chi connectivity index (χ3v) is 3.79. The number of halogens is 1. The summed E-state index contributed by atoms with van der Waals surface area (Å²) >= 11 is 5.80. The van der Waals surface area contributed by atoms with Crippen LogP contribution in [-0.2, 0) is 4.79 Å². The van der Waals surface area contributed by atoms with Gasteiger partial charge in [-0.2, -0.15) is 0 Å². The predicted octanol–water partition coefficient (Wildman–Crippen LogP) is 2.88. The molecule has 0 heterocycles. The summed E-state index contributed by atoms with van der Waals surface area (Å²) in [7, 11) is 0. The monoisotopic (exact) mass is 296 g/mol. The van der Waals surface area contributed by atoms with Crippen LogP contribution in [0, 0.1) is 0 Å². The van der Waals surface area contributed by atoms with E-state index in [4.69, 9.17) is 16.7 Å². The van der Waals surface area contributed by atoms with E-state index in [0.717, 1.165) is 19.3 Å². The molecule has 6 heteroatoms. The first kappa shape index (κ1) is 14.7. The number of amides is 2. The number of rotatable bonds is 4. The zero-order valence-corrected chi connectivity index (χ0v) is 12.0. The van der Waals surface area contributed by atoms with Crippen LogP contribution < -0.4 is 10.2 Å². The van der Waals surface area contributed by atoms with Crippen LogP contribution in [0.3, 0.4) is 0 Å². The Bertz CT molecular complexity index is 512. The smallest absolute Gasteiger partial charge is 0.323 e. The molecule has 1 fully saturated rings. The molecule has 1 aliphatic carbocycles. The van der Waals surface area contributed by atoms with Crippen molar-refractivity contribution in [1.82, 2.24) is 5.32 Å². The molecule has 0 unspecified atom stereocenters. The Morgan fingerprint density at radius 1 is 1.35 bits per heavy atom. The lowest BCUT2D eigenvalue weighted by Crippen LogP contribution is -2.56. The molecule has 0 radical (unpaired) electrons. The van der Waals surface area contributed by atoms with Gasteiger partial charge in [0.05, 0.1) is 0 Å². The number of carbonyl (C=O) groups excluding carboxylic acids is 1. The first-order valence-corrected chi connectivity index (χ1v) is 6.84. The second-order valence-corrected chi connectivity index (χ2v) is 5.74. The summed E-state index contributed by atoms with van der Waals surface area (Å²) in [4.78, 5) is 24.5. The van der Waals surface area contributed by atoms with Crippen LogP contribution in [0.2, 0.25) is 5.02 Å². The van der Waals surface area contributed by atoms with E-state index in [-0.39, 0.29) is 12.1 Å². The molecule has 0 aromatic heterocycles. The average molecular weight is 297 g/mol. The lowest BCUT2D eigenvalue weighted by Gasteiger charge is -2.40. The zero-order chi connectivity index (χ0) is 14.8. The zero-order valence-electron chi connectivity index (χ0n) is 11.2. The number of hydrogen-bond donors (Lipinski definition) is 2. The van der Waals surface area contributed by atoms with E-state index >= 15 is 0 Å². The van der Waals surface area contributed by atoms with Gasteiger partial charge in [0.2, 0.25) is 0 Å². The molecule has 0 spiro atoms. The lowest BCUT2D eigenvalue weighted by molar-refractivity contribution is -0.135. The Labute approximate surface area is 122 Å². The molecule has 0 aliphatic heterocycles. The van der Waals surface area contributed by atoms with Crippen molar-refractivity contribution in [3.05, 3.63) is 29.3 Å². The van der Waals surface area contributed by atoms with Gasteiger partial charge in [-0.05, 0) is 50.5 Å². The van der Waals surface area contributed by atoms with Crippen molar-refractivity contribution in [3.8, 4) is 0 Å². The van der Waals surface area contributed by atoms with Crippen LogP contribution in [-0.4, -0.2) is 29.2 Å². The van der Waals surface area contributed by atoms with E-state index < -0.39 is 12.0 Å². The molecular formula is C14H17ClN2O3. The van der Waals surface area contributed by atoms with E-state index in [2.05, 4.69) is 5.32 Å². The number of benzene rings is 1. The fourth-order valence-electron chi connectivity index (χ4n) is 2.19. The molecule has 2 amide bonds. The quantitative estimate of drug-likeness (QED) is 0.897. The standard InChI is InChI=1S/C14H17ClN2O3/c1-14(7-2-8-14)16-13(20)17(9-12(18)19)11-5-3-10(15)4-6-11/h3-6H,2,7-9H2,1H3,(H,16,20)(H,18,19). The third kappa shape index (κ3) is 3.42. The fourth-order valence-corrected chi connectivity index (χ4v) is 2.32. The third-order valence-electron chi connectivity index (χ3n) is 3.54. The minimum atomic E-state index is -1.06. The molecule has 108 valence electrons. The van der Waals surface area contributed by atoms with Crippen molar-refractivity contribution in [1.29, 1.82) is 0 Å². The van der Waals surface area contributed by atoms with Crippen molar-refractivity contribution in [2.45, 2.75) is 31.7 Å². The Balaban J connectivity index is 2.16. The summed E-state index contributed by atoms with van der Waals surface area (Å²) in [5.74, 6) is -1.06. The van der Waals surface area contributed by atoms with Gasteiger partial charge in [0.15, 0.2) is 0 Å². The molecule has 5 nitrogen and oxygen atoms in total. The van der Waals surface area contributed by atoms with Gasteiger partial charge in [-0.15, -0.1) is 0 Å². The van der Waals surface area contributed by atoms with Crippen molar-refractivity contribution in [3.63, 3.8) is 0 Å². The summed E-state index contributed by atoms with van der Waals surface area (Å²) < 4.78 is 0. The molecule has 2 N–H and O–H groups in total. The van der Waals surface area contributed by atoms with Crippen LogP contribution in [0.1, 0.15) is 26.2 Å². The van der Waals surface area contributed by atoms with Gasteiger partial charge >= 0.3 is 12.0 Å². The number of urea groups is 1. The maximum atomic E-state index is 12.3. The van der Waals surface area contributed by atoms with Gasteiger partial charge in [-0.3, -0.25) is 9.69 Å². The van der Waals surface area contributed by atoms with Crippen molar-refractivity contribution >= 4 is 29.3 Å². The highest BCUT2D eigenvalue weighted by Gasteiger charge is 2.35. The van der Waals surface area contributed by atoms with Gasteiger partial charge in [0, 0.05) is 16.2 Å². The highest BCUT2D eigenvalue weighted by molar-refractivity contribution is 6.30. The maximum absolute atomic E-state index is 12.3. The van der Waals surface area contributed by atoms with Gasteiger partial charge in [0.1, 0.15) is 6.54 Å². The molecular weight excluding hydrogens is 280 g/mol. The minimum absolute atomic E-state index is 0.222. The van der Waals surface area contributed by atoms with Crippen molar-refractivity contribution in [2.75, 3.05) is 11.4 Å². The SMILES string of the molecule is CC1(NC(=O)N(CC(=O)O)c2ccc(Cl)cc2)CCC1. The maximum Gasteiger partial charge on any atom is 0.323 e. The van der Waals surface area contributed by atoms with Crippen molar-refractivity contribution < 1.29 is 14.7 Å². The van der Waals surface area contributed by atoms with Gasteiger partial charge < -0.3 is 10.4 Å². The van der Waals surface area contributed by atoms with Crippen LogP contribution in [0.25, 0.3) is 0 Å². The second kappa shape index (κ2) is 5.71. The van der Waals surface area contributed by atoms with E-state index in [0.29, 0.717) is 10.7 Å². The molecule has 1 aromatic carbocycles. The Morgan fingerprint density at radius 2 is 1.95 bits per heavy atom. The number of carboxylic acid groups (broad SMARTS) is 1. The van der Waals surface area contributed by atoms with E-state index in [1.807, 2.05) is 6.92 Å². The van der Waals surface area contributed by atoms with E-state index in [1.165, 1.54) is 4.90 Å². The second-order valence-electron chi connectivity index (χ2n) is 5.30. The van der Waals surface area contributed by atoms with E-state index in [9.17, 15) is 9.59 Å². The normalized spacial score (nSPS) is 16.1. The summed E-state index contributed by atoms with van der Waals surface area (Å²) in [5, 5.41) is 12.4. The first-order chi connectivity index (χ1) is 9.39. The molecule has 0 saturated heterocycles. The van der Waals surface area contributed by atoms with Gasteiger partial charge in [-0.25, -0.2) is 4.79 Å². The molecule has 2 rings (SSSR count). The topological polar surface area (TPSA) is 69.6 Å². The highest BCUT2D eigenvalue weighted by Crippen LogP contribution is 2.31. The molecule has 1 aliphatic rings. The molecule has 0 atom stereocenters. The van der Waals surface area contributed by atoms with Gasteiger partial charge in [-0.1, -0.05) is 11.6 Å². The number of carbonyl (C=O) groups is 2. The number of aliphatic carboxylic acids is 1. The predicted molar refractivity (Wildman–Crippen MR) is 77.2 cm³/mol.